The van der Waals surface area contributed by atoms with E-state index in [4.69, 9.17) is 28.4 Å². The fourth-order valence-electron chi connectivity index (χ4n) is 10.2. The van der Waals surface area contributed by atoms with Gasteiger partial charge in [-0.3, -0.25) is 15.0 Å². The summed E-state index contributed by atoms with van der Waals surface area (Å²) >= 11 is 1.34. The molecule has 3 aromatic rings. The molecule has 7 aliphatic rings. The van der Waals surface area contributed by atoms with Gasteiger partial charge in [-0.05, 0) is 54.7 Å². The Balaban J connectivity index is 1.34. The van der Waals surface area contributed by atoms with Gasteiger partial charge in [0.05, 0.1) is 44.2 Å². The molecule has 4 unspecified atom stereocenters. The number of ether oxygens (including phenoxy) is 6. The van der Waals surface area contributed by atoms with Crippen molar-refractivity contribution in [1.29, 1.82) is 0 Å². The number of aromatic hydroxyl groups is 2. The number of aliphatic hydroxyl groups is 1. The van der Waals surface area contributed by atoms with Gasteiger partial charge in [-0.15, -0.1) is 11.8 Å². The van der Waals surface area contributed by atoms with Crippen molar-refractivity contribution in [2.75, 3.05) is 47.0 Å². The van der Waals surface area contributed by atoms with Crippen LogP contribution in [0.1, 0.15) is 68.8 Å². The molecule has 4 bridgehead atoms. The standard InChI is InChI=1S/C39H43N3O12S/c1-16-9-20-10-23-37(46)41-22-13-51-38(47)39(21-12-25(49-5)24(44)11-19(21)7-8-40-39)14-55-36(29(41)30(42(23,4)48)26(20)31(45)32(16)50-6)28-27(22)35-34(52-15-53-35)17(2)33(28)54-18(3)43/h9,11-12,22-23,29-30,36-37,40,44-46H,7-8,10,13-15H2,1-6H3/t22-,23?,29?,30?,36+,37-,39+,42?/m0/s1. The van der Waals surface area contributed by atoms with Crippen molar-refractivity contribution >= 4 is 23.7 Å². The zero-order chi connectivity index (χ0) is 38.9. The van der Waals surface area contributed by atoms with E-state index in [1.165, 1.54) is 40.0 Å². The van der Waals surface area contributed by atoms with Crippen molar-refractivity contribution < 1.29 is 58.0 Å². The van der Waals surface area contributed by atoms with Crippen LogP contribution in [0.2, 0.25) is 0 Å². The Bertz CT molecular complexity index is 2180. The van der Waals surface area contributed by atoms with Crippen molar-refractivity contribution in [3.8, 4) is 40.2 Å². The Hall–Kier alpha value is -4.45. The first-order valence-electron chi connectivity index (χ1n) is 18.2. The number of esters is 2. The van der Waals surface area contributed by atoms with Gasteiger partial charge >= 0.3 is 11.9 Å². The average Bonchev–Trinajstić information content (AvgIpc) is 3.63. The Morgan fingerprint density at radius 2 is 1.82 bits per heavy atom. The van der Waals surface area contributed by atoms with Gasteiger partial charge in [0.2, 0.25) is 6.79 Å². The van der Waals surface area contributed by atoms with E-state index in [9.17, 15) is 24.9 Å². The number of hydroxylamine groups is 3. The summed E-state index contributed by atoms with van der Waals surface area (Å²) in [6, 6.07) is 1.49. The summed E-state index contributed by atoms with van der Waals surface area (Å²) in [6.45, 7) is 4.90. The number of rotatable bonds is 3. The number of phenolic OH excluding ortho intramolecular Hbond substituents is 2. The molecule has 7 heterocycles. The number of carbonyl (C=O) groups is 2. The van der Waals surface area contributed by atoms with Gasteiger partial charge in [0.25, 0.3) is 0 Å². The van der Waals surface area contributed by atoms with Crippen LogP contribution in [0.25, 0.3) is 0 Å². The first-order chi connectivity index (χ1) is 26.2. The highest BCUT2D eigenvalue weighted by molar-refractivity contribution is 7.99. The second-order valence-electron chi connectivity index (χ2n) is 15.3. The van der Waals surface area contributed by atoms with Crippen molar-refractivity contribution in [2.45, 2.75) is 74.8 Å². The molecule has 15 nitrogen and oxygen atoms in total. The van der Waals surface area contributed by atoms with Gasteiger partial charge < -0.3 is 53.6 Å². The maximum absolute atomic E-state index is 15.3. The quantitative estimate of drug-likeness (QED) is 0.131. The smallest absolute Gasteiger partial charge is 0.331 e. The third-order valence-electron chi connectivity index (χ3n) is 12.5. The van der Waals surface area contributed by atoms with Crippen LogP contribution in [0.4, 0.5) is 0 Å². The first-order valence-corrected chi connectivity index (χ1v) is 19.3. The monoisotopic (exact) mass is 777 g/mol. The van der Waals surface area contributed by atoms with E-state index >= 15 is 5.21 Å². The van der Waals surface area contributed by atoms with Gasteiger partial charge in [-0.2, -0.15) is 0 Å². The largest absolute Gasteiger partial charge is 0.632 e. The molecular weight excluding hydrogens is 735 g/mol. The number of fused-ring (bicyclic) bond motifs is 9. The molecular formula is C39H43N3O12S. The molecule has 4 N–H and O–H groups in total. The number of methoxy groups -OCH3 is 2. The Kier molecular flexibility index (Phi) is 8.25. The predicted molar refractivity (Wildman–Crippen MR) is 196 cm³/mol. The minimum absolute atomic E-state index is 0.0454. The second-order valence-corrected chi connectivity index (χ2v) is 16.5. The summed E-state index contributed by atoms with van der Waals surface area (Å²) in [5, 5.41) is 53.3. The summed E-state index contributed by atoms with van der Waals surface area (Å²) in [7, 11) is 4.43. The number of carbonyl (C=O) groups excluding carboxylic acids is 2. The molecule has 0 amide bonds. The van der Waals surface area contributed by atoms with Crippen molar-refractivity contribution in [1.82, 2.24) is 10.2 Å². The third-order valence-corrected chi connectivity index (χ3v) is 14.0. The van der Waals surface area contributed by atoms with Crippen molar-refractivity contribution in [2.24, 2.45) is 0 Å². The van der Waals surface area contributed by atoms with E-state index in [0.717, 1.165) is 11.1 Å². The minimum atomic E-state index is -1.44. The van der Waals surface area contributed by atoms with Gasteiger partial charge in [0.15, 0.2) is 46.3 Å². The molecule has 0 radical (unpaired) electrons. The molecule has 2 fully saturated rings. The lowest BCUT2D eigenvalue weighted by atomic mass is 9.72. The van der Waals surface area contributed by atoms with E-state index < -0.39 is 57.8 Å². The molecule has 16 heteroatoms. The Labute approximate surface area is 321 Å². The highest BCUT2D eigenvalue weighted by Crippen LogP contribution is 2.65. The number of phenols is 2. The van der Waals surface area contributed by atoms with Gasteiger partial charge in [0, 0.05) is 42.3 Å². The molecule has 1 spiro atoms. The second kappa shape index (κ2) is 12.5. The Morgan fingerprint density at radius 1 is 1.05 bits per heavy atom. The zero-order valence-corrected chi connectivity index (χ0v) is 32.1. The summed E-state index contributed by atoms with van der Waals surface area (Å²) < 4.78 is 34.8. The van der Waals surface area contributed by atoms with E-state index in [-0.39, 0.29) is 54.3 Å². The molecule has 292 valence electrons. The predicted octanol–water partition coefficient (Wildman–Crippen LogP) is 3.43. The van der Waals surface area contributed by atoms with Crippen molar-refractivity contribution in [3.05, 3.63) is 67.9 Å². The number of benzene rings is 3. The number of nitrogens with zero attached hydrogens (tertiary/aromatic N) is 2. The number of piperazine rings is 1. The number of aliphatic hydroxyl groups excluding tert-OH is 1. The third kappa shape index (κ3) is 4.88. The number of thioether (sulfide) groups is 1. The highest BCUT2D eigenvalue weighted by atomic mass is 32.2. The van der Waals surface area contributed by atoms with Gasteiger partial charge in [-0.1, -0.05) is 6.07 Å². The number of likely N-dealkylation sites (N-methyl/N-ethyl adjacent to an activating group) is 1. The summed E-state index contributed by atoms with van der Waals surface area (Å²) in [6.07, 6.45) is -0.655. The topological polar surface area (TPSA) is 189 Å². The van der Waals surface area contributed by atoms with E-state index in [0.29, 0.717) is 57.8 Å². The van der Waals surface area contributed by atoms with E-state index in [1.807, 2.05) is 17.9 Å². The number of nitrogens with one attached hydrogen (secondary N) is 1. The highest BCUT2D eigenvalue weighted by Gasteiger charge is 2.65. The molecule has 10 rings (SSSR count). The normalized spacial score (nSPS) is 31.5. The number of hydrogen-bond donors (Lipinski definition) is 4. The molecule has 3 aromatic carbocycles. The van der Waals surface area contributed by atoms with E-state index in [2.05, 4.69) is 5.32 Å². The van der Waals surface area contributed by atoms with Crippen LogP contribution >= 0.6 is 11.8 Å². The molecule has 8 atom stereocenters. The maximum Gasteiger partial charge on any atom is 0.331 e. The first kappa shape index (κ1) is 36.2. The fourth-order valence-corrected chi connectivity index (χ4v) is 11.9. The maximum atomic E-state index is 15.3. The minimum Gasteiger partial charge on any atom is -0.632 e. The number of hydrogen-bond acceptors (Lipinski definition) is 15. The van der Waals surface area contributed by atoms with Crippen LogP contribution in [-0.2, 0) is 32.7 Å². The summed E-state index contributed by atoms with van der Waals surface area (Å²) in [5.41, 5.74) is 3.32. The Morgan fingerprint density at radius 3 is 2.55 bits per heavy atom. The van der Waals surface area contributed by atoms with Crippen LogP contribution in [-0.4, -0.2) is 102 Å². The summed E-state index contributed by atoms with van der Waals surface area (Å²) in [4.78, 5) is 29.4. The number of aryl methyl sites for hydroxylation is 1. The SMILES string of the molecule is COc1cc2c(cc1O)CCN[C@]21CS[C@@H]2c3c(OC(C)=O)c(C)c4c(c3[C@H](COC1=O)N1C2C2c3c(cc(C)c(OC)c3O)CC([C@@H]1O)[N+]2(C)[O-])OCO4. The van der Waals surface area contributed by atoms with E-state index in [1.54, 1.807) is 19.1 Å². The lowest BCUT2D eigenvalue weighted by Crippen LogP contribution is -2.75. The van der Waals surface area contributed by atoms with Crippen LogP contribution < -0.4 is 29.0 Å². The van der Waals surface area contributed by atoms with Gasteiger partial charge in [0.1, 0.15) is 24.4 Å². The molecule has 55 heavy (non-hydrogen) atoms. The van der Waals surface area contributed by atoms with Crippen LogP contribution in [0, 0.1) is 19.1 Å². The molecule has 0 aliphatic carbocycles. The zero-order valence-electron chi connectivity index (χ0n) is 31.3. The molecule has 2 saturated heterocycles. The van der Waals surface area contributed by atoms with Crippen molar-refractivity contribution in [3.63, 3.8) is 0 Å². The van der Waals surface area contributed by atoms with Crippen LogP contribution in [0.3, 0.4) is 0 Å². The lowest BCUT2D eigenvalue weighted by molar-refractivity contribution is -0.936. The lowest BCUT2D eigenvalue weighted by Gasteiger charge is -2.67. The van der Waals surface area contributed by atoms with Gasteiger partial charge in [-0.25, -0.2) is 4.79 Å². The van der Waals surface area contributed by atoms with Crippen LogP contribution in [0.5, 0.6) is 40.2 Å². The molecule has 0 saturated carbocycles. The number of quaternary nitrogens is 1. The van der Waals surface area contributed by atoms with Crippen LogP contribution in [0.15, 0.2) is 18.2 Å². The average molecular weight is 778 g/mol. The molecule has 0 aromatic heterocycles. The summed E-state index contributed by atoms with van der Waals surface area (Å²) in [5.74, 6) is 0.126. The molecule has 7 aliphatic heterocycles. The fraction of sp³-hybridized carbons (Fsp3) is 0.487.